The second-order valence-electron chi connectivity index (χ2n) is 20.0. The van der Waals surface area contributed by atoms with Crippen LogP contribution in [0.3, 0.4) is 0 Å². The molecule has 0 radical (unpaired) electrons. The van der Waals surface area contributed by atoms with Gasteiger partial charge in [0.15, 0.2) is 11.6 Å². The van der Waals surface area contributed by atoms with E-state index in [0.29, 0.717) is 35.6 Å². The molecule has 10 rings (SSSR count). The van der Waals surface area contributed by atoms with Crippen molar-refractivity contribution in [1.29, 1.82) is 5.26 Å². The summed E-state index contributed by atoms with van der Waals surface area (Å²) in [5.74, 6) is -1.66. The van der Waals surface area contributed by atoms with E-state index in [1.54, 1.807) is 36.4 Å². The Morgan fingerprint density at radius 1 is 0.719 bits per heavy atom. The number of rotatable bonds is 12. The zero-order chi connectivity index (χ0) is 44.8. The van der Waals surface area contributed by atoms with Gasteiger partial charge in [0.25, 0.3) is 11.8 Å². The summed E-state index contributed by atoms with van der Waals surface area (Å²) in [7, 11) is 3.68. The number of amides is 2. The van der Waals surface area contributed by atoms with Gasteiger partial charge in [-0.25, -0.2) is 9.97 Å². The molecule has 2 aromatic carbocycles. The largest absolute Gasteiger partial charge is 0.481 e. The molecule has 334 valence electrons. The van der Waals surface area contributed by atoms with Gasteiger partial charge in [-0.3, -0.25) is 29.0 Å². The lowest BCUT2D eigenvalue weighted by atomic mass is 9.80. The smallest absolute Gasteiger partial charge is 0.309 e. The summed E-state index contributed by atoms with van der Waals surface area (Å²) in [6, 6.07) is 12.6. The first-order valence-corrected chi connectivity index (χ1v) is 23.0. The number of carboxylic acids is 2. The maximum absolute atomic E-state index is 13.9. The minimum Gasteiger partial charge on any atom is -0.481 e. The normalized spacial score (nSPS) is 27.0. The van der Waals surface area contributed by atoms with Gasteiger partial charge in [-0.05, 0) is 100 Å². The van der Waals surface area contributed by atoms with E-state index < -0.39 is 34.6 Å². The van der Waals surface area contributed by atoms with Gasteiger partial charge in [0, 0.05) is 82.2 Å². The summed E-state index contributed by atoms with van der Waals surface area (Å²) in [6.07, 6.45) is 10.8. The first kappa shape index (κ1) is 42.4. The van der Waals surface area contributed by atoms with Crippen molar-refractivity contribution in [3.05, 3.63) is 81.4 Å². The van der Waals surface area contributed by atoms with Crippen molar-refractivity contribution < 1.29 is 29.4 Å². The van der Waals surface area contributed by atoms with Crippen LogP contribution in [0.5, 0.6) is 0 Å². The molecule has 4 N–H and O–H groups in total. The Morgan fingerprint density at radius 2 is 1.22 bits per heavy atom. The van der Waals surface area contributed by atoms with Crippen LogP contribution in [0.2, 0.25) is 5.02 Å². The molecule has 64 heavy (non-hydrogen) atoms. The van der Waals surface area contributed by atoms with E-state index in [1.807, 2.05) is 23.2 Å². The molecule has 4 aliphatic carbocycles. The fourth-order valence-corrected chi connectivity index (χ4v) is 13.0. The number of anilines is 2. The summed E-state index contributed by atoms with van der Waals surface area (Å²) >= 11 is 7.02. The summed E-state index contributed by atoms with van der Waals surface area (Å²) in [4.78, 5) is 66.1. The molecule has 2 aliphatic heterocycles. The van der Waals surface area contributed by atoms with E-state index in [-0.39, 0.29) is 33.1 Å². The Balaban J connectivity index is 0.805. The van der Waals surface area contributed by atoms with Crippen molar-refractivity contribution in [2.75, 3.05) is 36.8 Å². The predicted octanol–water partition coefficient (Wildman–Crippen LogP) is 7.03. The van der Waals surface area contributed by atoms with E-state index in [1.165, 1.54) is 0 Å². The van der Waals surface area contributed by atoms with Crippen molar-refractivity contribution in [1.82, 2.24) is 28.9 Å². The molecule has 2 amide bonds. The van der Waals surface area contributed by atoms with E-state index in [2.05, 4.69) is 26.5 Å². The number of imidazole rings is 2. The molecule has 4 heterocycles. The number of fused-ring (bicyclic) bond motifs is 6. The van der Waals surface area contributed by atoms with Crippen molar-refractivity contribution in [3.8, 4) is 17.2 Å². The van der Waals surface area contributed by atoms with Crippen molar-refractivity contribution in [2.45, 2.75) is 96.6 Å². The molecule has 0 spiro atoms. The zero-order valence-electron chi connectivity index (χ0n) is 36.4. The Kier molecular flexibility index (Phi) is 10.3. The van der Waals surface area contributed by atoms with Gasteiger partial charge in [0.1, 0.15) is 6.07 Å². The van der Waals surface area contributed by atoms with Gasteiger partial charge in [-0.1, -0.05) is 35.9 Å². The molecule has 16 heteroatoms. The van der Waals surface area contributed by atoms with Crippen molar-refractivity contribution in [3.63, 3.8) is 0 Å². The fraction of sp³-hybridized carbons (Fsp3) is 0.521. The predicted molar refractivity (Wildman–Crippen MR) is 238 cm³/mol. The van der Waals surface area contributed by atoms with Gasteiger partial charge in [-0.2, -0.15) is 5.26 Å². The highest BCUT2D eigenvalue weighted by molar-refractivity contribution is 6.36. The van der Waals surface area contributed by atoms with Crippen LogP contribution < -0.4 is 10.6 Å². The molecule has 6 aliphatic rings. The first-order valence-electron chi connectivity index (χ1n) is 22.6. The third-order valence-corrected chi connectivity index (χ3v) is 16.8. The highest BCUT2D eigenvalue weighted by atomic mass is 35.5. The third-order valence-electron chi connectivity index (χ3n) is 16.4. The monoisotopic (exact) mass is 887 g/mol. The molecule has 0 atom stereocenters. The third kappa shape index (κ3) is 7.00. The average Bonchev–Trinajstić information content (AvgIpc) is 4.14. The Bertz CT molecular complexity index is 2660. The number of halogens is 1. The number of aromatic nitrogens is 4. The number of nitriles is 1. The lowest BCUT2D eigenvalue weighted by Gasteiger charge is -2.35. The second kappa shape index (κ2) is 15.6. The SMILES string of the molecule is Cn1c(C(=O)Nc2cccc(-c3cccc(NC(=O)c4nc5c(n4C)CCN(CC46CCC(C(=O)O)(CC4)C6)C5)c3C#N)c2Cl)nc2c1CCN(CCC13CCC(C(=O)O)(CC1)C3)C2. The van der Waals surface area contributed by atoms with Crippen LogP contribution in [-0.2, 0) is 49.6 Å². The van der Waals surface area contributed by atoms with Gasteiger partial charge < -0.3 is 30.0 Å². The maximum Gasteiger partial charge on any atom is 0.309 e. The van der Waals surface area contributed by atoms with Crippen LogP contribution >= 0.6 is 11.6 Å². The molecular weight excluding hydrogens is 834 g/mol. The zero-order valence-corrected chi connectivity index (χ0v) is 37.2. The van der Waals surface area contributed by atoms with Gasteiger partial charge in [0.2, 0.25) is 0 Å². The summed E-state index contributed by atoms with van der Waals surface area (Å²) in [6.45, 7) is 4.55. The molecule has 15 nitrogen and oxygen atoms in total. The fourth-order valence-electron chi connectivity index (χ4n) is 12.8. The summed E-state index contributed by atoms with van der Waals surface area (Å²) in [5, 5.41) is 36.4. The van der Waals surface area contributed by atoms with E-state index >= 15 is 0 Å². The molecule has 4 saturated carbocycles. The number of carbonyl (C=O) groups excluding carboxylic acids is 2. The minimum atomic E-state index is -0.663. The maximum atomic E-state index is 13.9. The number of nitrogens with zero attached hydrogens (tertiary/aromatic N) is 7. The van der Waals surface area contributed by atoms with Gasteiger partial charge >= 0.3 is 11.9 Å². The highest BCUT2D eigenvalue weighted by Gasteiger charge is 2.59. The Morgan fingerprint density at radius 3 is 1.78 bits per heavy atom. The second-order valence-corrected chi connectivity index (χ2v) is 20.3. The van der Waals surface area contributed by atoms with E-state index in [0.717, 1.165) is 132 Å². The van der Waals surface area contributed by atoms with Gasteiger partial charge in [0.05, 0.1) is 44.2 Å². The lowest BCUT2D eigenvalue weighted by molar-refractivity contribution is -0.149. The number of nitrogens with one attached hydrogen (secondary N) is 2. The number of carbonyl (C=O) groups is 4. The van der Waals surface area contributed by atoms with Crippen LogP contribution in [-0.4, -0.2) is 89.0 Å². The molecule has 4 aromatic rings. The molecule has 4 fully saturated rings. The number of benzene rings is 2. The summed E-state index contributed by atoms with van der Waals surface area (Å²) < 4.78 is 3.67. The quantitative estimate of drug-likeness (QED) is 0.114. The van der Waals surface area contributed by atoms with Crippen LogP contribution in [0.15, 0.2) is 36.4 Å². The summed E-state index contributed by atoms with van der Waals surface area (Å²) in [5.41, 5.74) is 4.58. The topological polar surface area (TPSA) is 199 Å². The number of carboxylic acid groups (broad SMARTS) is 2. The van der Waals surface area contributed by atoms with Gasteiger partial charge in [-0.15, -0.1) is 0 Å². The van der Waals surface area contributed by atoms with Crippen LogP contribution in [0.25, 0.3) is 11.1 Å². The molecule has 0 unspecified atom stereocenters. The first-order chi connectivity index (χ1) is 30.7. The van der Waals surface area contributed by atoms with E-state index in [9.17, 15) is 34.7 Å². The average molecular weight is 888 g/mol. The minimum absolute atomic E-state index is 0.0210. The number of hydrogen-bond acceptors (Lipinski definition) is 9. The highest BCUT2D eigenvalue weighted by Crippen LogP contribution is 2.63. The van der Waals surface area contributed by atoms with Crippen LogP contribution in [0, 0.1) is 33.0 Å². The molecular formula is C48H54ClN9O6. The number of hydrogen-bond donors (Lipinski definition) is 4. The Hall–Kier alpha value is -5.56. The standard InChI is InChI=1S/C48H54ClN9O6/c1-55-36-9-20-57(22-19-45-11-15-47(26-45,16-12-45)43(61)62)24-34(36)51-40(55)42(60)54-33-8-4-6-30(38(33)49)29-5-3-7-32(31(29)23-50)53-41(59)39-52-35-25-58(21-10-37(35)56(39)2)28-46-13-17-48(27-46,18-14-46)44(63)64/h3-8H,9-22,24-28H2,1-2H3,(H,53,59)(H,54,60)(H,61,62)(H,63,64). The van der Waals surface area contributed by atoms with E-state index in [4.69, 9.17) is 21.6 Å². The molecule has 0 saturated heterocycles. The lowest BCUT2D eigenvalue weighted by Crippen LogP contribution is -2.39. The van der Waals surface area contributed by atoms with Crippen molar-refractivity contribution >= 4 is 46.7 Å². The van der Waals surface area contributed by atoms with Crippen LogP contribution in [0.1, 0.15) is 120 Å². The molecule has 4 bridgehead atoms. The van der Waals surface area contributed by atoms with Crippen molar-refractivity contribution in [2.24, 2.45) is 35.8 Å². The Labute approximate surface area is 376 Å². The van der Waals surface area contributed by atoms with Crippen LogP contribution in [0.4, 0.5) is 11.4 Å². The molecule has 2 aromatic heterocycles. The number of aliphatic carboxylic acids is 2.